The lowest BCUT2D eigenvalue weighted by Gasteiger charge is -2.12. The molecule has 0 aromatic heterocycles. The van der Waals surface area contributed by atoms with Crippen molar-refractivity contribution in [2.75, 3.05) is 29.5 Å². The first-order valence-corrected chi connectivity index (χ1v) is 10.1. The zero-order valence-corrected chi connectivity index (χ0v) is 15.5. The van der Waals surface area contributed by atoms with Gasteiger partial charge in [-0.05, 0) is 24.3 Å². The fourth-order valence-electron chi connectivity index (χ4n) is 2.38. The van der Waals surface area contributed by atoms with Gasteiger partial charge in [-0.1, -0.05) is 11.6 Å². The van der Waals surface area contributed by atoms with Crippen LogP contribution >= 0.6 is 11.6 Å². The molecule has 0 unspecified atom stereocenters. The third-order valence-electron chi connectivity index (χ3n) is 3.54. The monoisotopic (exact) mass is 396 g/mol. The smallest absolute Gasteiger partial charge is 0.255 e. The number of carbonyl (C=O) groups is 1. The normalized spacial score (nSPS) is 13.6. The van der Waals surface area contributed by atoms with Crippen LogP contribution < -0.4 is 19.5 Å². The molecule has 26 heavy (non-hydrogen) atoms. The minimum atomic E-state index is -3.37. The lowest BCUT2D eigenvalue weighted by molar-refractivity contribution is 0.102. The third kappa shape index (κ3) is 4.59. The first kappa shape index (κ1) is 18.3. The van der Waals surface area contributed by atoms with Gasteiger partial charge in [-0.2, -0.15) is 0 Å². The van der Waals surface area contributed by atoms with Crippen molar-refractivity contribution in [3.8, 4) is 11.5 Å². The van der Waals surface area contributed by atoms with Gasteiger partial charge in [-0.25, -0.2) is 8.42 Å². The van der Waals surface area contributed by atoms with Gasteiger partial charge < -0.3 is 14.8 Å². The first-order chi connectivity index (χ1) is 12.3. The third-order valence-corrected chi connectivity index (χ3v) is 4.45. The standard InChI is InChI=1S/C17H17ClN2O5S/c1-26(22,23)20-12-5-3-11(4-6-12)17(21)19-14-10-16-15(9-13(14)18)24-7-2-8-25-16/h3-6,9-10,20H,2,7-8H2,1H3,(H,19,21). The number of nitrogens with one attached hydrogen (secondary N) is 2. The highest BCUT2D eigenvalue weighted by molar-refractivity contribution is 7.92. The van der Waals surface area contributed by atoms with E-state index in [9.17, 15) is 13.2 Å². The second-order valence-electron chi connectivity index (χ2n) is 5.73. The Morgan fingerprint density at radius 2 is 1.69 bits per heavy atom. The zero-order chi connectivity index (χ0) is 18.7. The van der Waals surface area contributed by atoms with E-state index in [-0.39, 0.29) is 5.91 Å². The topological polar surface area (TPSA) is 93.7 Å². The summed E-state index contributed by atoms with van der Waals surface area (Å²) >= 11 is 6.22. The minimum absolute atomic E-state index is 0.331. The Morgan fingerprint density at radius 1 is 1.08 bits per heavy atom. The second-order valence-corrected chi connectivity index (χ2v) is 7.89. The highest BCUT2D eigenvalue weighted by atomic mass is 35.5. The van der Waals surface area contributed by atoms with Gasteiger partial charge >= 0.3 is 0 Å². The Hall–Kier alpha value is -2.45. The average molecular weight is 397 g/mol. The number of benzene rings is 2. The number of rotatable bonds is 4. The van der Waals surface area contributed by atoms with Gasteiger partial charge in [0.25, 0.3) is 5.91 Å². The molecular weight excluding hydrogens is 380 g/mol. The summed E-state index contributed by atoms with van der Waals surface area (Å²) in [6, 6.07) is 9.27. The van der Waals surface area contributed by atoms with Crippen LogP contribution in [0.25, 0.3) is 0 Å². The van der Waals surface area contributed by atoms with Crippen molar-refractivity contribution < 1.29 is 22.7 Å². The molecule has 0 saturated carbocycles. The molecule has 0 bridgehead atoms. The molecule has 0 atom stereocenters. The summed E-state index contributed by atoms with van der Waals surface area (Å²) in [5.74, 6) is 0.684. The molecule has 2 aromatic carbocycles. The minimum Gasteiger partial charge on any atom is -0.490 e. The lowest BCUT2D eigenvalue weighted by atomic mass is 10.2. The number of fused-ring (bicyclic) bond motifs is 1. The van der Waals surface area contributed by atoms with Crippen LogP contribution in [0.3, 0.4) is 0 Å². The molecule has 9 heteroatoms. The van der Waals surface area contributed by atoms with E-state index in [1.54, 1.807) is 12.1 Å². The van der Waals surface area contributed by atoms with Gasteiger partial charge in [0.1, 0.15) is 0 Å². The molecule has 2 N–H and O–H groups in total. The van der Waals surface area contributed by atoms with Gasteiger partial charge in [0.05, 0.1) is 30.2 Å². The number of carbonyl (C=O) groups excluding carboxylic acids is 1. The van der Waals surface area contributed by atoms with Crippen molar-refractivity contribution in [1.82, 2.24) is 0 Å². The van der Waals surface area contributed by atoms with E-state index in [4.69, 9.17) is 21.1 Å². The Balaban J connectivity index is 1.76. The summed E-state index contributed by atoms with van der Waals surface area (Å²) in [4.78, 5) is 12.4. The summed E-state index contributed by atoms with van der Waals surface area (Å²) < 4.78 is 35.9. The van der Waals surface area contributed by atoms with Crippen molar-refractivity contribution in [2.24, 2.45) is 0 Å². The maximum Gasteiger partial charge on any atom is 0.255 e. The van der Waals surface area contributed by atoms with Crippen LogP contribution in [0.2, 0.25) is 5.02 Å². The Labute approximate surface area is 156 Å². The van der Waals surface area contributed by atoms with Crippen molar-refractivity contribution in [2.45, 2.75) is 6.42 Å². The summed E-state index contributed by atoms with van der Waals surface area (Å²) in [5.41, 5.74) is 1.13. The fourth-order valence-corrected chi connectivity index (χ4v) is 3.14. The van der Waals surface area contributed by atoms with Crippen molar-refractivity contribution in [1.29, 1.82) is 0 Å². The summed E-state index contributed by atoms with van der Waals surface area (Å²) in [6.07, 6.45) is 1.82. The molecule has 0 radical (unpaired) electrons. The van der Waals surface area contributed by atoms with Gasteiger partial charge in [0.2, 0.25) is 10.0 Å². The average Bonchev–Trinajstić information content (AvgIpc) is 2.79. The predicted molar refractivity (Wildman–Crippen MR) is 99.9 cm³/mol. The van der Waals surface area contributed by atoms with Crippen LogP contribution in [-0.2, 0) is 10.0 Å². The largest absolute Gasteiger partial charge is 0.490 e. The van der Waals surface area contributed by atoms with E-state index in [1.165, 1.54) is 24.3 Å². The molecule has 1 aliphatic rings. The number of hydrogen-bond donors (Lipinski definition) is 2. The van der Waals surface area contributed by atoms with Crippen molar-refractivity contribution >= 4 is 38.9 Å². The molecule has 1 aliphatic heterocycles. The van der Waals surface area contributed by atoms with E-state index < -0.39 is 10.0 Å². The number of ether oxygens (including phenoxy) is 2. The molecule has 1 amide bonds. The van der Waals surface area contributed by atoms with Gasteiger partial charge in [0.15, 0.2) is 11.5 Å². The Bertz CT molecular complexity index is 929. The molecule has 1 heterocycles. The van der Waals surface area contributed by atoms with Crippen molar-refractivity contribution in [3.63, 3.8) is 0 Å². The molecule has 0 fully saturated rings. The number of halogens is 1. The van der Waals surface area contributed by atoms with Crippen LogP contribution in [0.1, 0.15) is 16.8 Å². The maximum atomic E-state index is 12.4. The maximum absolute atomic E-state index is 12.4. The van der Waals surface area contributed by atoms with E-state index in [0.29, 0.717) is 46.7 Å². The molecule has 138 valence electrons. The number of amides is 1. The molecular formula is C17H17ClN2O5S. The van der Waals surface area contributed by atoms with Crippen LogP contribution in [0, 0.1) is 0 Å². The van der Waals surface area contributed by atoms with Gasteiger partial charge in [-0.15, -0.1) is 0 Å². The van der Waals surface area contributed by atoms with E-state index in [2.05, 4.69) is 10.0 Å². The zero-order valence-electron chi connectivity index (χ0n) is 13.9. The SMILES string of the molecule is CS(=O)(=O)Nc1ccc(C(=O)Nc2cc3c(cc2Cl)OCCCO3)cc1. The second kappa shape index (κ2) is 7.43. The summed E-state index contributed by atoms with van der Waals surface area (Å²) in [7, 11) is -3.37. The Kier molecular flexibility index (Phi) is 5.24. The van der Waals surface area contributed by atoms with Crippen LogP contribution in [0.5, 0.6) is 11.5 Å². The molecule has 0 spiro atoms. The van der Waals surface area contributed by atoms with E-state index >= 15 is 0 Å². The Morgan fingerprint density at radius 3 is 2.31 bits per heavy atom. The van der Waals surface area contributed by atoms with Crippen LogP contribution in [0.15, 0.2) is 36.4 Å². The number of anilines is 2. The molecule has 3 rings (SSSR count). The molecule has 2 aromatic rings. The van der Waals surface area contributed by atoms with Crippen LogP contribution in [0.4, 0.5) is 11.4 Å². The van der Waals surface area contributed by atoms with Crippen molar-refractivity contribution in [3.05, 3.63) is 47.0 Å². The van der Waals surface area contributed by atoms with E-state index in [0.717, 1.165) is 12.7 Å². The van der Waals surface area contributed by atoms with Gasteiger partial charge in [-0.3, -0.25) is 9.52 Å². The fraction of sp³-hybridized carbons (Fsp3) is 0.235. The van der Waals surface area contributed by atoms with Gasteiger partial charge in [0, 0.05) is 29.8 Å². The number of hydrogen-bond acceptors (Lipinski definition) is 5. The van der Waals surface area contributed by atoms with Crippen LogP contribution in [-0.4, -0.2) is 33.8 Å². The van der Waals surface area contributed by atoms with E-state index in [1.807, 2.05) is 0 Å². The lowest BCUT2D eigenvalue weighted by Crippen LogP contribution is -2.13. The molecule has 0 aliphatic carbocycles. The first-order valence-electron chi connectivity index (χ1n) is 7.80. The highest BCUT2D eigenvalue weighted by Gasteiger charge is 2.16. The predicted octanol–water partition coefficient (Wildman–Crippen LogP) is 3.13. The molecule has 7 nitrogen and oxygen atoms in total. The summed E-state index contributed by atoms with van der Waals surface area (Å²) in [5, 5.41) is 3.05. The number of sulfonamides is 1. The summed E-state index contributed by atoms with van der Waals surface area (Å²) in [6.45, 7) is 1.07. The highest BCUT2D eigenvalue weighted by Crippen LogP contribution is 2.37. The molecule has 0 saturated heterocycles. The quantitative estimate of drug-likeness (QED) is 0.828.